The Hall–Kier alpha value is -2.80. The second kappa shape index (κ2) is 7.55. The predicted molar refractivity (Wildman–Crippen MR) is 92.4 cm³/mol. The SMILES string of the molecule is CN(C)c1c(F)c(F)c(C#Cc2c(F)c(F)c([N+](C)(C)C)c(F)c2F)c(F)c1F. The van der Waals surface area contributed by atoms with Crippen LogP contribution in [0.4, 0.5) is 46.5 Å². The lowest BCUT2D eigenvalue weighted by molar-refractivity contribution is 0.386. The molecule has 0 heterocycles. The summed E-state index contributed by atoms with van der Waals surface area (Å²) in [6, 6.07) is 0. The summed E-state index contributed by atoms with van der Waals surface area (Å²) < 4.78 is 112. The molecule has 2 nitrogen and oxygen atoms in total. The van der Waals surface area contributed by atoms with Crippen molar-refractivity contribution < 1.29 is 35.1 Å². The maximum atomic E-state index is 14.2. The minimum absolute atomic E-state index is 0.620. The fraction of sp³-hybridized carbons (Fsp3) is 0.263. The molecule has 2 rings (SSSR count). The lowest BCUT2D eigenvalue weighted by Crippen LogP contribution is -2.37. The van der Waals surface area contributed by atoms with E-state index in [-0.39, 0.29) is 0 Å². The first kappa shape index (κ1) is 22.5. The zero-order chi connectivity index (χ0) is 22.4. The van der Waals surface area contributed by atoms with Gasteiger partial charge in [-0.2, -0.15) is 8.78 Å². The van der Waals surface area contributed by atoms with E-state index in [0.29, 0.717) is 0 Å². The van der Waals surface area contributed by atoms with Gasteiger partial charge in [-0.3, -0.25) is 4.48 Å². The number of benzene rings is 2. The van der Waals surface area contributed by atoms with Crippen molar-refractivity contribution in [1.29, 1.82) is 0 Å². The predicted octanol–water partition coefficient (Wildman–Crippen LogP) is 4.46. The Labute approximate surface area is 161 Å². The molecule has 2 aromatic carbocycles. The first-order valence-electron chi connectivity index (χ1n) is 7.95. The fourth-order valence-corrected chi connectivity index (χ4v) is 2.57. The first-order valence-corrected chi connectivity index (χ1v) is 7.95. The van der Waals surface area contributed by atoms with E-state index in [4.69, 9.17) is 0 Å². The van der Waals surface area contributed by atoms with Gasteiger partial charge in [0.05, 0.1) is 21.1 Å². The number of hydrogen-bond donors (Lipinski definition) is 0. The van der Waals surface area contributed by atoms with Crippen LogP contribution in [0, 0.1) is 58.4 Å². The van der Waals surface area contributed by atoms with Crippen LogP contribution in [0.1, 0.15) is 11.1 Å². The lowest BCUT2D eigenvalue weighted by Gasteiger charge is -2.24. The third-order valence-corrected chi connectivity index (χ3v) is 3.91. The highest BCUT2D eigenvalue weighted by Crippen LogP contribution is 2.33. The molecular weight excluding hydrogens is 408 g/mol. The van der Waals surface area contributed by atoms with E-state index in [9.17, 15) is 35.1 Å². The van der Waals surface area contributed by atoms with Crippen molar-refractivity contribution in [3.05, 3.63) is 57.7 Å². The molecule has 0 aliphatic carbocycles. The molecule has 0 aliphatic rings. The van der Waals surface area contributed by atoms with Crippen LogP contribution in [0.15, 0.2) is 0 Å². The molecule has 0 radical (unpaired) electrons. The van der Waals surface area contributed by atoms with Crippen LogP contribution >= 0.6 is 0 Å². The normalized spacial score (nSPS) is 11.3. The van der Waals surface area contributed by atoms with E-state index < -0.39 is 73.5 Å². The zero-order valence-electron chi connectivity index (χ0n) is 15.9. The minimum Gasteiger partial charge on any atom is -0.373 e. The lowest BCUT2D eigenvalue weighted by atomic mass is 10.1. The van der Waals surface area contributed by atoms with Gasteiger partial charge in [-0.25, -0.2) is 26.3 Å². The second-order valence-electron chi connectivity index (χ2n) is 7.12. The van der Waals surface area contributed by atoms with Gasteiger partial charge in [-0.1, -0.05) is 11.8 Å². The first-order chi connectivity index (χ1) is 13.2. The van der Waals surface area contributed by atoms with Crippen molar-refractivity contribution in [2.24, 2.45) is 0 Å². The summed E-state index contributed by atoms with van der Waals surface area (Å²) in [6.07, 6.45) is 0. The molecule has 0 saturated heterocycles. The van der Waals surface area contributed by atoms with Crippen LogP contribution in [0.5, 0.6) is 0 Å². The molecule has 2 aromatic rings. The third kappa shape index (κ3) is 3.74. The monoisotopic (exact) mass is 423 g/mol. The Kier molecular flexibility index (Phi) is 5.86. The van der Waals surface area contributed by atoms with Crippen LogP contribution in [0.3, 0.4) is 0 Å². The molecule has 0 saturated carbocycles. The molecule has 29 heavy (non-hydrogen) atoms. The molecule has 0 unspecified atom stereocenters. The van der Waals surface area contributed by atoms with E-state index in [1.807, 2.05) is 0 Å². The van der Waals surface area contributed by atoms with Gasteiger partial charge >= 0.3 is 0 Å². The van der Waals surface area contributed by atoms with Crippen LogP contribution in [-0.2, 0) is 0 Å². The van der Waals surface area contributed by atoms with Gasteiger partial charge in [0, 0.05) is 14.1 Å². The molecule has 0 fully saturated rings. The van der Waals surface area contributed by atoms with Crippen LogP contribution in [-0.4, -0.2) is 35.2 Å². The largest absolute Gasteiger partial charge is 0.373 e. The smallest absolute Gasteiger partial charge is 0.223 e. The summed E-state index contributed by atoms with van der Waals surface area (Å²) in [5.74, 6) is -11.7. The zero-order valence-corrected chi connectivity index (χ0v) is 15.9. The van der Waals surface area contributed by atoms with Gasteiger partial charge < -0.3 is 4.90 Å². The molecule has 0 amide bonds. The Morgan fingerprint density at radius 2 is 0.862 bits per heavy atom. The summed E-state index contributed by atoms with van der Waals surface area (Å²) in [5.41, 5.74) is -4.95. The average Bonchev–Trinajstić information content (AvgIpc) is 2.59. The molecular formula is C19H15F8N2+. The fourth-order valence-electron chi connectivity index (χ4n) is 2.57. The molecule has 0 aliphatic heterocycles. The van der Waals surface area contributed by atoms with Gasteiger partial charge in [-0.05, 0) is 0 Å². The van der Waals surface area contributed by atoms with Crippen molar-refractivity contribution >= 4 is 11.4 Å². The molecule has 156 valence electrons. The van der Waals surface area contributed by atoms with Gasteiger partial charge in [0.25, 0.3) is 0 Å². The van der Waals surface area contributed by atoms with Gasteiger partial charge in [-0.15, -0.1) is 0 Å². The number of quaternary nitrogens is 1. The Bertz CT molecular complexity index is 1000. The summed E-state index contributed by atoms with van der Waals surface area (Å²) in [5, 5.41) is 0. The van der Waals surface area contributed by atoms with Crippen LogP contribution < -0.4 is 9.38 Å². The van der Waals surface area contributed by atoms with Gasteiger partial charge in [0.15, 0.2) is 34.9 Å². The summed E-state index contributed by atoms with van der Waals surface area (Å²) in [7, 11) is 5.98. The van der Waals surface area contributed by atoms with Crippen LogP contribution in [0.2, 0.25) is 0 Å². The summed E-state index contributed by atoms with van der Waals surface area (Å²) in [4.78, 5) is 0.765. The Morgan fingerprint density at radius 1 is 0.552 bits per heavy atom. The number of halogens is 8. The third-order valence-electron chi connectivity index (χ3n) is 3.91. The van der Waals surface area contributed by atoms with Crippen molar-refractivity contribution in [2.45, 2.75) is 0 Å². The van der Waals surface area contributed by atoms with E-state index >= 15 is 0 Å². The van der Waals surface area contributed by atoms with Crippen molar-refractivity contribution in [3.8, 4) is 11.8 Å². The van der Waals surface area contributed by atoms with Crippen molar-refractivity contribution in [3.63, 3.8) is 0 Å². The second-order valence-corrected chi connectivity index (χ2v) is 7.12. The standard InChI is InChI=1S/C19H15F8N2/c1-28(2)18-14(24)10(20)8(11(21)15(18)25)6-7-9-12(22)16(26)19(29(3,4)5)17(27)13(9)23/h1-5H3/q+1. The highest BCUT2D eigenvalue weighted by atomic mass is 19.2. The molecule has 0 aromatic heterocycles. The average molecular weight is 423 g/mol. The number of rotatable bonds is 2. The highest BCUT2D eigenvalue weighted by molar-refractivity contribution is 5.57. The quantitative estimate of drug-likeness (QED) is 0.298. The highest BCUT2D eigenvalue weighted by Gasteiger charge is 2.33. The maximum absolute atomic E-state index is 14.2. The Morgan fingerprint density at radius 3 is 1.14 bits per heavy atom. The summed E-state index contributed by atoms with van der Waals surface area (Å²) >= 11 is 0. The molecule has 0 atom stereocenters. The molecule has 0 spiro atoms. The van der Waals surface area contributed by atoms with E-state index in [2.05, 4.69) is 0 Å². The van der Waals surface area contributed by atoms with Crippen molar-refractivity contribution in [1.82, 2.24) is 4.48 Å². The molecule has 0 N–H and O–H groups in total. The Balaban J connectivity index is 2.77. The van der Waals surface area contributed by atoms with E-state index in [1.54, 1.807) is 0 Å². The number of hydrogen-bond acceptors (Lipinski definition) is 1. The molecule has 0 bridgehead atoms. The van der Waals surface area contributed by atoms with Crippen LogP contribution in [0.25, 0.3) is 0 Å². The van der Waals surface area contributed by atoms with E-state index in [1.165, 1.54) is 33.0 Å². The minimum atomic E-state index is -1.93. The van der Waals surface area contributed by atoms with Gasteiger partial charge in [0.2, 0.25) is 17.3 Å². The molecule has 10 heteroatoms. The van der Waals surface area contributed by atoms with Gasteiger partial charge in [0.1, 0.15) is 16.8 Å². The van der Waals surface area contributed by atoms with Crippen molar-refractivity contribution in [2.75, 3.05) is 40.1 Å². The maximum Gasteiger partial charge on any atom is 0.223 e. The summed E-state index contributed by atoms with van der Waals surface area (Å²) in [6.45, 7) is 0. The topological polar surface area (TPSA) is 3.24 Å². The number of nitrogens with zero attached hydrogens (tertiary/aromatic N) is 2. The number of anilines is 1. The van der Waals surface area contributed by atoms with E-state index in [0.717, 1.165) is 19.0 Å².